The molecule has 0 saturated carbocycles. The van der Waals surface area contributed by atoms with E-state index >= 15 is 0 Å². The Balaban J connectivity index is 2.65. The lowest BCUT2D eigenvalue weighted by molar-refractivity contribution is 0.0957. The lowest BCUT2D eigenvalue weighted by Crippen LogP contribution is -2.08. The van der Waals surface area contributed by atoms with Crippen molar-refractivity contribution < 1.29 is 9.18 Å². The van der Waals surface area contributed by atoms with E-state index in [0.717, 1.165) is 25.7 Å². The molecule has 0 aromatic heterocycles. The van der Waals surface area contributed by atoms with E-state index in [0.29, 0.717) is 17.9 Å². The van der Waals surface area contributed by atoms with Crippen LogP contribution >= 0.6 is 11.6 Å². The molecule has 0 amide bonds. The quantitative estimate of drug-likeness (QED) is 0.617. The maximum atomic E-state index is 13.0. The second kappa shape index (κ2) is 7.52. The van der Waals surface area contributed by atoms with Gasteiger partial charge in [0.15, 0.2) is 5.78 Å². The molecular formula is C15H20ClFO. The molecule has 0 heterocycles. The molecule has 0 N–H and O–H groups in total. The van der Waals surface area contributed by atoms with E-state index in [1.54, 1.807) is 0 Å². The Morgan fingerprint density at radius 3 is 2.67 bits per heavy atom. The summed E-state index contributed by atoms with van der Waals surface area (Å²) in [6.07, 6.45) is 4.90. The van der Waals surface area contributed by atoms with Gasteiger partial charge in [-0.25, -0.2) is 4.39 Å². The zero-order valence-electron chi connectivity index (χ0n) is 11.0. The van der Waals surface area contributed by atoms with Crippen molar-refractivity contribution in [2.45, 2.75) is 46.0 Å². The third kappa shape index (κ3) is 4.41. The Morgan fingerprint density at radius 1 is 1.39 bits per heavy atom. The van der Waals surface area contributed by atoms with Crippen LogP contribution in [0.25, 0.3) is 0 Å². The molecule has 0 aliphatic heterocycles. The van der Waals surface area contributed by atoms with E-state index in [1.807, 2.05) is 0 Å². The molecule has 0 bridgehead atoms. The molecule has 3 heteroatoms. The van der Waals surface area contributed by atoms with Crippen LogP contribution in [0.2, 0.25) is 5.02 Å². The van der Waals surface area contributed by atoms with Crippen molar-refractivity contribution in [1.29, 1.82) is 0 Å². The normalized spacial score (nSPS) is 12.4. The molecule has 1 aromatic carbocycles. The lowest BCUT2D eigenvalue weighted by Gasteiger charge is -2.13. The second-order valence-corrected chi connectivity index (χ2v) is 5.08. The van der Waals surface area contributed by atoms with E-state index in [-0.39, 0.29) is 10.8 Å². The average molecular weight is 271 g/mol. The maximum Gasteiger partial charge on any atom is 0.163 e. The van der Waals surface area contributed by atoms with Gasteiger partial charge in [-0.1, -0.05) is 51.1 Å². The molecule has 1 unspecified atom stereocenters. The summed E-state index contributed by atoms with van der Waals surface area (Å²) >= 11 is 5.68. The first-order valence-corrected chi connectivity index (χ1v) is 6.94. The van der Waals surface area contributed by atoms with Gasteiger partial charge in [-0.2, -0.15) is 0 Å². The maximum absolute atomic E-state index is 13.0. The second-order valence-electron chi connectivity index (χ2n) is 4.67. The largest absolute Gasteiger partial charge is 0.294 e. The number of hydrogen-bond acceptors (Lipinski definition) is 1. The summed E-state index contributed by atoms with van der Waals surface area (Å²) in [5, 5.41) is 0.0162. The molecule has 1 atom stereocenters. The monoisotopic (exact) mass is 270 g/mol. The van der Waals surface area contributed by atoms with Crippen molar-refractivity contribution in [2.24, 2.45) is 5.92 Å². The van der Waals surface area contributed by atoms with Crippen molar-refractivity contribution in [3.05, 3.63) is 34.6 Å². The first kappa shape index (κ1) is 15.2. The van der Waals surface area contributed by atoms with Gasteiger partial charge in [0, 0.05) is 12.0 Å². The highest BCUT2D eigenvalue weighted by Crippen LogP contribution is 2.22. The van der Waals surface area contributed by atoms with Gasteiger partial charge in [0.05, 0.1) is 5.02 Å². The summed E-state index contributed by atoms with van der Waals surface area (Å²) in [6.45, 7) is 4.25. The van der Waals surface area contributed by atoms with Crippen LogP contribution in [-0.4, -0.2) is 5.78 Å². The van der Waals surface area contributed by atoms with Gasteiger partial charge >= 0.3 is 0 Å². The van der Waals surface area contributed by atoms with Crippen molar-refractivity contribution in [3.8, 4) is 0 Å². The third-order valence-electron chi connectivity index (χ3n) is 3.26. The van der Waals surface area contributed by atoms with Crippen molar-refractivity contribution in [2.75, 3.05) is 0 Å². The van der Waals surface area contributed by atoms with E-state index in [1.165, 1.54) is 18.2 Å². The molecule has 100 valence electrons. The zero-order chi connectivity index (χ0) is 13.5. The summed E-state index contributed by atoms with van der Waals surface area (Å²) in [6, 6.07) is 4.18. The Bertz CT molecular complexity index is 403. The Labute approximate surface area is 113 Å². The summed E-state index contributed by atoms with van der Waals surface area (Å²) in [5.74, 6) is -0.00706. The first-order chi connectivity index (χ1) is 8.58. The van der Waals surface area contributed by atoms with Gasteiger partial charge in [0.2, 0.25) is 0 Å². The summed E-state index contributed by atoms with van der Waals surface area (Å²) < 4.78 is 13.0. The molecule has 1 rings (SSSR count). The lowest BCUT2D eigenvalue weighted by atomic mass is 9.91. The number of ketones is 1. The smallest absolute Gasteiger partial charge is 0.163 e. The minimum Gasteiger partial charge on any atom is -0.294 e. The Hall–Kier alpha value is -0.890. The number of carbonyl (C=O) groups is 1. The standard InChI is InChI=1S/C15H20ClFO/c1-3-5-6-11(4-2)9-15(18)12-7-8-14(17)13(16)10-12/h7-8,10-11H,3-6,9H2,1-2H3. The molecule has 18 heavy (non-hydrogen) atoms. The molecule has 0 saturated heterocycles. The van der Waals surface area contributed by atoms with E-state index < -0.39 is 5.82 Å². The van der Waals surface area contributed by atoms with Crippen molar-refractivity contribution in [3.63, 3.8) is 0 Å². The number of halogens is 2. The average Bonchev–Trinajstić information content (AvgIpc) is 2.37. The highest BCUT2D eigenvalue weighted by Gasteiger charge is 2.14. The Morgan fingerprint density at radius 2 is 2.11 bits per heavy atom. The van der Waals surface area contributed by atoms with Crippen molar-refractivity contribution in [1.82, 2.24) is 0 Å². The molecule has 0 spiro atoms. The minimum atomic E-state index is -0.480. The highest BCUT2D eigenvalue weighted by atomic mass is 35.5. The number of Topliss-reactive ketones (excluding diaryl/α,β-unsaturated/α-hetero) is 1. The predicted octanol–water partition coefficient (Wildman–Crippen LogP) is 5.27. The van der Waals surface area contributed by atoms with Crippen molar-refractivity contribution >= 4 is 17.4 Å². The summed E-state index contributed by atoms with van der Waals surface area (Å²) in [7, 11) is 0. The number of unbranched alkanes of at least 4 members (excludes halogenated alkanes) is 1. The molecule has 1 nitrogen and oxygen atoms in total. The first-order valence-electron chi connectivity index (χ1n) is 6.56. The molecule has 0 radical (unpaired) electrons. The molecule has 1 aromatic rings. The van der Waals surface area contributed by atoms with Gasteiger partial charge in [0.25, 0.3) is 0 Å². The van der Waals surface area contributed by atoms with Crippen LogP contribution in [0.4, 0.5) is 4.39 Å². The van der Waals surface area contributed by atoms with Crippen LogP contribution in [0.5, 0.6) is 0 Å². The highest BCUT2D eigenvalue weighted by molar-refractivity contribution is 6.31. The third-order valence-corrected chi connectivity index (χ3v) is 3.55. The number of benzene rings is 1. The fraction of sp³-hybridized carbons (Fsp3) is 0.533. The van der Waals surface area contributed by atoms with Gasteiger partial charge in [-0.3, -0.25) is 4.79 Å². The topological polar surface area (TPSA) is 17.1 Å². The number of hydrogen-bond donors (Lipinski definition) is 0. The predicted molar refractivity (Wildman–Crippen MR) is 73.7 cm³/mol. The van der Waals surface area contributed by atoms with Gasteiger partial charge in [-0.05, 0) is 24.1 Å². The van der Waals surface area contributed by atoms with Gasteiger partial charge < -0.3 is 0 Å². The van der Waals surface area contributed by atoms with Gasteiger partial charge in [0.1, 0.15) is 5.82 Å². The van der Waals surface area contributed by atoms with Crippen LogP contribution in [-0.2, 0) is 0 Å². The summed E-state index contributed by atoms with van der Waals surface area (Å²) in [4.78, 5) is 12.1. The fourth-order valence-corrected chi connectivity index (χ4v) is 2.17. The molecule has 0 fully saturated rings. The number of carbonyl (C=O) groups excluding carboxylic acids is 1. The van der Waals surface area contributed by atoms with Crippen LogP contribution in [0, 0.1) is 11.7 Å². The van der Waals surface area contributed by atoms with Crippen LogP contribution < -0.4 is 0 Å². The van der Waals surface area contributed by atoms with E-state index in [9.17, 15) is 9.18 Å². The van der Waals surface area contributed by atoms with E-state index in [2.05, 4.69) is 13.8 Å². The molecule has 0 aliphatic carbocycles. The van der Waals surface area contributed by atoms with Gasteiger partial charge in [-0.15, -0.1) is 0 Å². The SMILES string of the molecule is CCCCC(CC)CC(=O)c1ccc(F)c(Cl)c1. The Kier molecular flexibility index (Phi) is 6.34. The van der Waals surface area contributed by atoms with Crippen LogP contribution in [0.15, 0.2) is 18.2 Å². The van der Waals surface area contributed by atoms with Crippen LogP contribution in [0.3, 0.4) is 0 Å². The molecular weight excluding hydrogens is 251 g/mol. The number of rotatable bonds is 7. The fourth-order valence-electron chi connectivity index (χ4n) is 1.99. The van der Waals surface area contributed by atoms with Crippen LogP contribution in [0.1, 0.15) is 56.3 Å². The minimum absolute atomic E-state index is 0.0162. The van der Waals surface area contributed by atoms with E-state index in [4.69, 9.17) is 11.6 Å². The zero-order valence-corrected chi connectivity index (χ0v) is 11.8. The molecule has 0 aliphatic rings. The summed E-state index contributed by atoms with van der Waals surface area (Å²) in [5.41, 5.74) is 0.511.